The van der Waals surface area contributed by atoms with Crippen LogP contribution in [0.3, 0.4) is 0 Å². The average molecular weight is 384 g/mol. The standard InChI is InChI=1S/C20H28N6O2/c1-13(2)5-6-18(27)26-8-7-25-12-17(24-19(25)15(26)4)20(28)23-11-16-10-21-14(3)9-22-16/h9-10,12-13,15H,5-8,11H2,1-4H3,(H,23,28). The van der Waals surface area contributed by atoms with Gasteiger partial charge >= 0.3 is 0 Å². The zero-order valence-corrected chi connectivity index (χ0v) is 17.0. The largest absolute Gasteiger partial charge is 0.345 e. The highest BCUT2D eigenvalue weighted by molar-refractivity contribution is 5.92. The Bertz CT molecular complexity index is 843. The Morgan fingerprint density at radius 3 is 2.71 bits per heavy atom. The first kappa shape index (κ1) is 20.0. The lowest BCUT2D eigenvalue weighted by Crippen LogP contribution is -2.41. The van der Waals surface area contributed by atoms with E-state index < -0.39 is 0 Å². The van der Waals surface area contributed by atoms with E-state index in [-0.39, 0.29) is 17.9 Å². The molecule has 1 aliphatic heterocycles. The highest BCUT2D eigenvalue weighted by Crippen LogP contribution is 2.26. The van der Waals surface area contributed by atoms with E-state index in [1.54, 1.807) is 18.6 Å². The molecule has 0 saturated carbocycles. The molecule has 1 N–H and O–H groups in total. The number of hydrogen-bond donors (Lipinski definition) is 1. The van der Waals surface area contributed by atoms with Gasteiger partial charge in [0.1, 0.15) is 11.5 Å². The molecule has 150 valence electrons. The van der Waals surface area contributed by atoms with Gasteiger partial charge in [0.25, 0.3) is 5.91 Å². The molecule has 1 atom stereocenters. The Hall–Kier alpha value is -2.77. The van der Waals surface area contributed by atoms with Gasteiger partial charge < -0.3 is 14.8 Å². The van der Waals surface area contributed by atoms with E-state index in [4.69, 9.17) is 0 Å². The number of nitrogens with zero attached hydrogens (tertiary/aromatic N) is 5. The van der Waals surface area contributed by atoms with Crippen LogP contribution in [0, 0.1) is 12.8 Å². The van der Waals surface area contributed by atoms with Gasteiger partial charge in [-0.3, -0.25) is 19.6 Å². The summed E-state index contributed by atoms with van der Waals surface area (Å²) >= 11 is 0. The monoisotopic (exact) mass is 384 g/mol. The van der Waals surface area contributed by atoms with Gasteiger partial charge in [-0.25, -0.2) is 4.98 Å². The number of carbonyl (C=O) groups excluding carboxylic acids is 2. The molecule has 0 aliphatic carbocycles. The molecular weight excluding hydrogens is 356 g/mol. The van der Waals surface area contributed by atoms with Crippen LogP contribution in [-0.4, -0.2) is 42.8 Å². The third kappa shape index (κ3) is 4.55. The SMILES string of the molecule is Cc1cnc(CNC(=O)c2cn3c(n2)C(C)N(C(=O)CCC(C)C)CC3)cn1. The molecule has 3 rings (SSSR count). The van der Waals surface area contributed by atoms with Crippen LogP contribution < -0.4 is 5.32 Å². The van der Waals surface area contributed by atoms with E-state index in [0.29, 0.717) is 43.4 Å². The van der Waals surface area contributed by atoms with Crippen molar-refractivity contribution in [3.05, 3.63) is 41.5 Å². The number of hydrogen-bond acceptors (Lipinski definition) is 5. The molecule has 0 bridgehead atoms. The number of carbonyl (C=O) groups is 2. The minimum absolute atomic E-state index is 0.141. The second-order valence-corrected chi connectivity index (χ2v) is 7.71. The molecular formula is C20H28N6O2. The molecule has 0 saturated heterocycles. The summed E-state index contributed by atoms with van der Waals surface area (Å²) in [6.07, 6.45) is 6.51. The minimum Gasteiger partial charge on any atom is -0.345 e. The summed E-state index contributed by atoms with van der Waals surface area (Å²) in [6, 6.07) is -0.141. The fraction of sp³-hybridized carbons (Fsp3) is 0.550. The molecule has 0 spiro atoms. The summed E-state index contributed by atoms with van der Waals surface area (Å²) in [4.78, 5) is 39.8. The third-order valence-electron chi connectivity index (χ3n) is 4.98. The molecule has 8 heteroatoms. The topological polar surface area (TPSA) is 93.0 Å². The van der Waals surface area contributed by atoms with E-state index >= 15 is 0 Å². The van der Waals surface area contributed by atoms with E-state index in [1.165, 1.54) is 0 Å². The maximum absolute atomic E-state index is 12.5. The lowest BCUT2D eigenvalue weighted by Gasteiger charge is -2.34. The van der Waals surface area contributed by atoms with Crippen molar-refractivity contribution >= 4 is 11.8 Å². The lowest BCUT2D eigenvalue weighted by molar-refractivity contribution is -0.134. The van der Waals surface area contributed by atoms with E-state index in [0.717, 1.165) is 17.9 Å². The van der Waals surface area contributed by atoms with Gasteiger partial charge in [-0.15, -0.1) is 0 Å². The maximum Gasteiger partial charge on any atom is 0.271 e. The Labute approximate surface area is 165 Å². The third-order valence-corrected chi connectivity index (χ3v) is 4.98. The van der Waals surface area contributed by atoms with Crippen molar-refractivity contribution in [1.29, 1.82) is 0 Å². The Balaban J connectivity index is 1.64. The average Bonchev–Trinajstić information content (AvgIpc) is 3.11. The van der Waals surface area contributed by atoms with Crippen molar-refractivity contribution in [3.63, 3.8) is 0 Å². The van der Waals surface area contributed by atoms with Gasteiger partial charge in [-0.1, -0.05) is 13.8 Å². The van der Waals surface area contributed by atoms with E-state index in [9.17, 15) is 9.59 Å². The maximum atomic E-state index is 12.5. The number of imidazole rings is 1. The van der Waals surface area contributed by atoms with Crippen molar-refractivity contribution in [1.82, 2.24) is 29.7 Å². The van der Waals surface area contributed by atoms with Crippen molar-refractivity contribution in [2.24, 2.45) is 5.92 Å². The van der Waals surface area contributed by atoms with Gasteiger partial charge in [-0.05, 0) is 26.2 Å². The zero-order valence-electron chi connectivity index (χ0n) is 17.0. The molecule has 2 amide bonds. The van der Waals surface area contributed by atoms with Gasteiger partial charge in [-0.2, -0.15) is 0 Å². The molecule has 1 unspecified atom stereocenters. The summed E-state index contributed by atoms with van der Waals surface area (Å²) in [7, 11) is 0. The summed E-state index contributed by atoms with van der Waals surface area (Å²) in [5, 5.41) is 2.83. The number of amides is 2. The minimum atomic E-state index is -0.255. The van der Waals surface area contributed by atoms with Crippen LogP contribution in [0.25, 0.3) is 0 Å². The number of nitrogens with one attached hydrogen (secondary N) is 1. The van der Waals surface area contributed by atoms with Gasteiger partial charge in [0.2, 0.25) is 5.91 Å². The van der Waals surface area contributed by atoms with Crippen LogP contribution in [0.1, 0.15) is 67.4 Å². The number of rotatable bonds is 6. The summed E-state index contributed by atoms with van der Waals surface area (Å²) in [5.41, 5.74) is 1.88. The van der Waals surface area contributed by atoms with Gasteiger partial charge in [0, 0.05) is 31.9 Å². The van der Waals surface area contributed by atoms with Crippen LogP contribution >= 0.6 is 0 Å². The molecule has 2 aromatic heterocycles. The Morgan fingerprint density at radius 1 is 1.25 bits per heavy atom. The highest BCUT2D eigenvalue weighted by atomic mass is 16.2. The quantitative estimate of drug-likeness (QED) is 0.824. The van der Waals surface area contributed by atoms with Crippen molar-refractivity contribution in [3.8, 4) is 0 Å². The predicted molar refractivity (Wildman–Crippen MR) is 104 cm³/mol. The first-order valence-corrected chi connectivity index (χ1v) is 9.77. The van der Waals surface area contributed by atoms with Crippen molar-refractivity contribution in [2.45, 2.75) is 59.7 Å². The van der Waals surface area contributed by atoms with Crippen molar-refractivity contribution < 1.29 is 9.59 Å². The van der Waals surface area contributed by atoms with Crippen LogP contribution in [0.5, 0.6) is 0 Å². The zero-order chi connectivity index (χ0) is 20.3. The van der Waals surface area contributed by atoms with E-state index in [2.05, 4.69) is 34.1 Å². The predicted octanol–water partition coefficient (Wildman–Crippen LogP) is 2.25. The molecule has 1 aliphatic rings. The summed E-state index contributed by atoms with van der Waals surface area (Å²) in [6.45, 7) is 9.65. The molecule has 2 aromatic rings. The van der Waals surface area contributed by atoms with Gasteiger partial charge in [0.05, 0.1) is 30.2 Å². The molecule has 0 radical (unpaired) electrons. The number of aryl methyl sites for hydroxylation is 1. The van der Waals surface area contributed by atoms with E-state index in [1.807, 2.05) is 23.3 Å². The normalized spacial score (nSPS) is 16.2. The van der Waals surface area contributed by atoms with Gasteiger partial charge in [0.15, 0.2) is 0 Å². The second-order valence-electron chi connectivity index (χ2n) is 7.71. The van der Waals surface area contributed by atoms with Crippen LogP contribution in [-0.2, 0) is 17.9 Å². The molecule has 0 aromatic carbocycles. The Kier molecular flexibility index (Phi) is 6.06. The molecule has 8 nitrogen and oxygen atoms in total. The summed E-state index contributed by atoms with van der Waals surface area (Å²) in [5.74, 6) is 1.15. The molecule has 28 heavy (non-hydrogen) atoms. The molecule has 3 heterocycles. The second kappa shape index (κ2) is 8.50. The number of fused-ring (bicyclic) bond motifs is 1. The van der Waals surface area contributed by atoms with Crippen LogP contribution in [0.4, 0.5) is 0 Å². The Morgan fingerprint density at radius 2 is 2.04 bits per heavy atom. The number of aromatic nitrogens is 4. The summed E-state index contributed by atoms with van der Waals surface area (Å²) < 4.78 is 1.97. The van der Waals surface area contributed by atoms with Crippen LogP contribution in [0.15, 0.2) is 18.6 Å². The fourth-order valence-corrected chi connectivity index (χ4v) is 3.27. The fourth-order valence-electron chi connectivity index (χ4n) is 3.27. The molecule has 0 fully saturated rings. The smallest absolute Gasteiger partial charge is 0.271 e. The van der Waals surface area contributed by atoms with Crippen molar-refractivity contribution in [2.75, 3.05) is 6.54 Å². The first-order valence-electron chi connectivity index (χ1n) is 9.77. The lowest BCUT2D eigenvalue weighted by atomic mass is 10.1. The first-order chi connectivity index (χ1) is 13.3. The highest BCUT2D eigenvalue weighted by Gasteiger charge is 2.30. The van der Waals surface area contributed by atoms with Crippen LogP contribution in [0.2, 0.25) is 0 Å².